The van der Waals surface area contributed by atoms with Crippen molar-refractivity contribution >= 4 is 5.96 Å². The number of piperazine rings is 1. The topological polar surface area (TPSA) is 34.1 Å². The number of rotatable bonds is 6. The lowest BCUT2D eigenvalue weighted by atomic mass is 9.73. The Balaban J connectivity index is 1.48. The third kappa shape index (κ3) is 5.83. The van der Waals surface area contributed by atoms with Crippen molar-refractivity contribution in [2.45, 2.75) is 59.3 Å². The SMILES string of the molecule is CCNC(=NCC(C)CN1CCN(CC)CC1)N1CCC2(CCCCC2)C1. The van der Waals surface area contributed by atoms with Crippen molar-refractivity contribution in [1.82, 2.24) is 20.0 Å². The van der Waals surface area contributed by atoms with E-state index in [0.717, 1.165) is 13.1 Å². The summed E-state index contributed by atoms with van der Waals surface area (Å²) in [6, 6.07) is 0. The number of nitrogens with zero attached hydrogens (tertiary/aromatic N) is 4. The summed E-state index contributed by atoms with van der Waals surface area (Å²) in [5.74, 6) is 1.79. The van der Waals surface area contributed by atoms with Gasteiger partial charge in [0.15, 0.2) is 5.96 Å². The van der Waals surface area contributed by atoms with Crippen LogP contribution in [0.1, 0.15) is 59.3 Å². The smallest absolute Gasteiger partial charge is 0.193 e. The molecule has 1 spiro atoms. The molecule has 0 aromatic carbocycles. The van der Waals surface area contributed by atoms with Crippen molar-refractivity contribution in [3.05, 3.63) is 0 Å². The van der Waals surface area contributed by atoms with E-state index in [2.05, 4.69) is 40.8 Å². The third-order valence-electron chi connectivity index (χ3n) is 7.02. The number of aliphatic imine (C=N–C) groups is 1. The van der Waals surface area contributed by atoms with Crippen LogP contribution in [-0.2, 0) is 0 Å². The van der Waals surface area contributed by atoms with Gasteiger partial charge in [-0.05, 0) is 44.1 Å². The van der Waals surface area contributed by atoms with E-state index in [1.165, 1.54) is 96.8 Å². The number of guanidine groups is 1. The van der Waals surface area contributed by atoms with E-state index >= 15 is 0 Å². The Morgan fingerprint density at radius 1 is 0.963 bits per heavy atom. The van der Waals surface area contributed by atoms with Gasteiger partial charge in [0.25, 0.3) is 0 Å². The van der Waals surface area contributed by atoms with Gasteiger partial charge in [0.2, 0.25) is 0 Å². The predicted octanol–water partition coefficient (Wildman–Crippen LogP) is 2.88. The molecule has 1 aliphatic carbocycles. The molecule has 0 aromatic heterocycles. The van der Waals surface area contributed by atoms with Crippen LogP contribution in [0.15, 0.2) is 4.99 Å². The summed E-state index contributed by atoms with van der Waals surface area (Å²) in [7, 11) is 0. The fourth-order valence-electron chi connectivity index (χ4n) is 5.28. The molecule has 1 atom stereocenters. The molecular formula is C22H43N5. The number of hydrogen-bond acceptors (Lipinski definition) is 3. The van der Waals surface area contributed by atoms with E-state index in [4.69, 9.17) is 4.99 Å². The second-order valence-corrected chi connectivity index (χ2v) is 9.27. The van der Waals surface area contributed by atoms with Gasteiger partial charge < -0.3 is 20.0 Å². The first-order valence-corrected chi connectivity index (χ1v) is 11.6. The van der Waals surface area contributed by atoms with Crippen LogP contribution in [0.25, 0.3) is 0 Å². The van der Waals surface area contributed by atoms with Crippen LogP contribution < -0.4 is 5.32 Å². The minimum Gasteiger partial charge on any atom is -0.357 e. The lowest BCUT2D eigenvalue weighted by Gasteiger charge is -2.35. The molecule has 0 bridgehead atoms. The molecule has 1 saturated carbocycles. The van der Waals surface area contributed by atoms with Crippen LogP contribution in [0.5, 0.6) is 0 Å². The standard InChI is InChI=1S/C22H43N5/c1-4-23-21(27-12-11-22(19-27)9-7-6-8-10-22)24-17-20(3)18-26-15-13-25(5-2)14-16-26/h20H,4-19H2,1-3H3,(H,23,24). The van der Waals surface area contributed by atoms with Crippen molar-refractivity contribution in [2.24, 2.45) is 16.3 Å². The van der Waals surface area contributed by atoms with Crippen LogP contribution in [0.4, 0.5) is 0 Å². The average Bonchev–Trinajstić information content (AvgIpc) is 3.09. The molecule has 0 radical (unpaired) electrons. The molecule has 3 fully saturated rings. The minimum absolute atomic E-state index is 0.596. The summed E-state index contributed by atoms with van der Waals surface area (Å²) >= 11 is 0. The predicted molar refractivity (Wildman–Crippen MR) is 115 cm³/mol. The molecule has 2 heterocycles. The molecule has 156 valence electrons. The highest BCUT2D eigenvalue weighted by molar-refractivity contribution is 5.80. The first-order valence-electron chi connectivity index (χ1n) is 11.6. The average molecular weight is 378 g/mol. The fourth-order valence-corrected chi connectivity index (χ4v) is 5.28. The summed E-state index contributed by atoms with van der Waals surface area (Å²) < 4.78 is 0. The molecule has 3 rings (SSSR count). The molecule has 3 aliphatic rings. The molecule has 0 amide bonds. The summed E-state index contributed by atoms with van der Waals surface area (Å²) in [5.41, 5.74) is 0.596. The fraction of sp³-hybridized carbons (Fsp3) is 0.955. The zero-order chi connectivity index (χ0) is 19.1. The highest BCUT2D eigenvalue weighted by Gasteiger charge is 2.39. The molecule has 0 aromatic rings. The van der Waals surface area contributed by atoms with Crippen molar-refractivity contribution in [3.63, 3.8) is 0 Å². The first kappa shape index (κ1) is 20.9. The lowest BCUT2D eigenvalue weighted by Crippen LogP contribution is -2.47. The summed E-state index contributed by atoms with van der Waals surface area (Å²) in [6.45, 7) is 18.4. The van der Waals surface area contributed by atoms with Crippen LogP contribution in [-0.4, -0.2) is 86.1 Å². The van der Waals surface area contributed by atoms with Crippen molar-refractivity contribution in [2.75, 3.05) is 65.4 Å². The van der Waals surface area contributed by atoms with Gasteiger partial charge in [0, 0.05) is 58.9 Å². The maximum atomic E-state index is 5.06. The molecule has 2 saturated heterocycles. The van der Waals surface area contributed by atoms with Gasteiger partial charge in [0.05, 0.1) is 0 Å². The van der Waals surface area contributed by atoms with E-state index in [1.807, 2.05) is 0 Å². The molecular weight excluding hydrogens is 334 g/mol. The van der Waals surface area contributed by atoms with Gasteiger partial charge >= 0.3 is 0 Å². The van der Waals surface area contributed by atoms with E-state index in [-0.39, 0.29) is 0 Å². The third-order valence-corrected chi connectivity index (χ3v) is 7.02. The highest BCUT2D eigenvalue weighted by Crippen LogP contribution is 2.43. The van der Waals surface area contributed by atoms with Gasteiger partial charge in [0.1, 0.15) is 0 Å². The Labute approximate surface area is 167 Å². The quantitative estimate of drug-likeness (QED) is 0.570. The second-order valence-electron chi connectivity index (χ2n) is 9.27. The number of likely N-dealkylation sites (tertiary alicyclic amines) is 1. The van der Waals surface area contributed by atoms with Gasteiger partial charge in [-0.15, -0.1) is 0 Å². The van der Waals surface area contributed by atoms with Gasteiger partial charge in [-0.25, -0.2) is 0 Å². The summed E-state index contributed by atoms with van der Waals surface area (Å²) in [5, 5.41) is 3.57. The Hall–Kier alpha value is -0.810. The number of hydrogen-bond donors (Lipinski definition) is 1. The normalized spacial score (nSPS) is 25.9. The molecule has 2 aliphatic heterocycles. The lowest BCUT2D eigenvalue weighted by molar-refractivity contribution is 0.125. The Bertz CT molecular complexity index is 463. The molecule has 27 heavy (non-hydrogen) atoms. The van der Waals surface area contributed by atoms with E-state index in [1.54, 1.807) is 0 Å². The molecule has 5 nitrogen and oxygen atoms in total. The van der Waals surface area contributed by atoms with Crippen molar-refractivity contribution < 1.29 is 0 Å². The maximum absolute atomic E-state index is 5.06. The number of likely N-dealkylation sites (N-methyl/N-ethyl adjacent to an activating group) is 1. The van der Waals surface area contributed by atoms with Crippen LogP contribution >= 0.6 is 0 Å². The molecule has 1 unspecified atom stereocenters. The second kappa shape index (κ2) is 10.1. The van der Waals surface area contributed by atoms with Crippen LogP contribution in [0.2, 0.25) is 0 Å². The van der Waals surface area contributed by atoms with Crippen LogP contribution in [0.3, 0.4) is 0 Å². The Kier molecular flexibility index (Phi) is 7.83. The van der Waals surface area contributed by atoms with E-state index in [9.17, 15) is 0 Å². The van der Waals surface area contributed by atoms with Crippen molar-refractivity contribution in [1.29, 1.82) is 0 Å². The van der Waals surface area contributed by atoms with Crippen LogP contribution in [0, 0.1) is 11.3 Å². The van der Waals surface area contributed by atoms with Gasteiger partial charge in [-0.1, -0.05) is 33.1 Å². The monoisotopic (exact) mass is 377 g/mol. The largest absolute Gasteiger partial charge is 0.357 e. The zero-order valence-corrected chi connectivity index (χ0v) is 18.2. The molecule has 1 N–H and O–H groups in total. The summed E-state index contributed by atoms with van der Waals surface area (Å²) in [6.07, 6.45) is 8.55. The highest BCUT2D eigenvalue weighted by atomic mass is 15.3. The zero-order valence-electron chi connectivity index (χ0n) is 18.2. The van der Waals surface area contributed by atoms with Crippen molar-refractivity contribution in [3.8, 4) is 0 Å². The van der Waals surface area contributed by atoms with E-state index in [0.29, 0.717) is 11.3 Å². The Morgan fingerprint density at radius 2 is 1.67 bits per heavy atom. The first-order chi connectivity index (χ1) is 13.1. The van der Waals surface area contributed by atoms with E-state index < -0.39 is 0 Å². The van der Waals surface area contributed by atoms with Gasteiger partial charge in [-0.3, -0.25) is 4.99 Å². The molecule has 5 heteroatoms. The Morgan fingerprint density at radius 3 is 2.33 bits per heavy atom. The van der Waals surface area contributed by atoms with Gasteiger partial charge in [-0.2, -0.15) is 0 Å². The maximum Gasteiger partial charge on any atom is 0.193 e. The minimum atomic E-state index is 0.596. The summed E-state index contributed by atoms with van der Waals surface area (Å²) in [4.78, 5) is 12.8. The number of nitrogens with one attached hydrogen (secondary N) is 1.